The Bertz CT molecular complexity index is 66.9. The van der Waals surface area contributed by atoms with Crippen LogP contribution in [0.15, 0.2) is 0 Å². The lowest BCUT2D eigenvalue weighted by Gasteiger charge is -2.29. The van der Waals surface area contributed by atoms with Crippen LogP contribution >= 0.6 is 0 Å². The summed E-state index contributed by atoms with van der Waals surface area (Å²) in [6.07, 6.45) is 4.13. The van der Waals surface area contributed by atoms with Crippen LogP contribution in [-0.2, 0) is 0 Å². The van der Waals surface area contributed by atoms with Crippen molar-refractivity contribution in [1.29, 1.82) is 0 Å². The molecule has 1 saturated carbocycles. The van der Waals surface area contributed by atoms with Gasteiger partial charge in [0.1, 0.15) is 0 Å². The topological polar surface area (TPSA) is 15.3 Å². The molecule has 0 amide bonds. The van der Waals surface area contributed by atoms with E-state index < -0.39 is 0 Å². The molecule has 0 aromatic rings. The largest absolute Gasteiger partial charge is 0.253 e. The van der Waals surface area contributed by atoms with E-state index in [4.69, 9.17) is 0 Å². The maximum absolute atomic E-state index is 3.31. The summed E-state index contributed by atoms with van der Waals surface area (Å²) in [4.78, 5) is 0. The van der Waals surface area contributed by atoms with Crippen molar-refractivity contribution in [3.63, 3.8) is 0 Å². The summed E-state index contributed by atoms with van der Waals surface area (Å²) in [6.45, 7) is 0. The molecule has 0 aromatic carbocycles. The Labute approximate surface area is 50.8 Å². The highest BCUT2D eigenvalue weighted by Crippen LogP contribution is 2.17. The van der Waals surface area contributed by atoms with Gasteiger partial charge in [-0.2, -0.15) is 0 Å². The molecule has 2 nitrogen and oxygen atoms in total. The van der Waals surface area contributed by atoms with E-state index in [1.165, 1.54) is 19.3 Å². The molecule has 1 rings (SSSR count). The maximum Gasteiger partial charge on any atom is 0.0215 e. The van der Waals surface area contributed by atoms with Crippen LogP contribution < -0.4 is 5.43 Å². The normalized spacial score (nSPS) is 21.4. The number of hydrogen-bond acceptors (Lipinski definition) is 2. The van der Waals surface area contributed by atoms with Crippen molar-refractivity contribution in [2.45, 2.75) is 25.3 Å². The second kappa shape index (κ2) is 2.46. The first kappa shape index (κ1) is 6.05. The number of hydrogen-bond donors (Lipinski definition) is 1. The molecule has 0 spiro atoms. The van der Waals surface area contributed by atoms with Crippen molar-refractivity contribution in [3.8, 4) is 0 Å². The molecule has 8 heavy (non-hydrogen) atoms. The molecule has 1 aliphatic carbocycles. The lowest BCUT2D eigenvalue weighted by atomic mass is 9.94. The maximum atomic E-state index is 3.31. The minimum Gasteiger partial charge on any atom is -0.253 e. The fourth-order valence-electron chi connectivity index (χ4n) is 0.902. The molecule has 0 radical (unpaired) electrons. The van der Waals surface area contributed by atoms with Crippen molar-refractivity contribution < 1.29 is 0 Å². The minimum absolute atomic E-state index is 0.782. The van der Waals surface area contributed by atoms with E-state index in [1.54, 1.807) is 0 Å². The fourth-order valence-corrected chi connectivity index (χ4v) is 0.902. The quantitative estimate of drug-likeness (QED) is 0.529. The van der Waals surface area contributed by atoms with E-state index in [0.29, 0.717) is 0 Å². The highest BCUT2D eigenvalue weighted by atomic mass is 15.5. The molecular weight excluding hydrogens is 100 g/mol. The molecule has 0 aliphatic heterocycles. The van der Waals surface area contributed by atoms with E-state index in [-0.39, 0.29) is 0 Å². The van der Waals surface area contributed by atoms with Crippen molar-refractivity contribution in [1.82, 2.24) is 10.4 Å². The number of hydrazine groups is 1. The second-order valence-corrected chi connectivity index (χ2v) is 2.65. The highest BCUT2D eigenvalue weighted by Gasteiger charge is 2.16. The first-order valence-corrected chi connectivity index (χ1v) is 3.22. The fraction of sp³-hybridized carbons (Fsp3) is 1.00. The Morgan fingerprint density at radius 2 is 2.00 bits per heavy atom. The zero-order valence-electron chi connectivity index (χ0n) is 5.65. The lowest BCUT2D eigenvalue weighted by Crippen LogP contribution is -2.43. The monoisotopic (exact) mass is 114 g/mol. The Kier molecular flexibility index (Phi) is 1.86. The number of nitrogens with one attached hydrogen (secondary N) is 1. The van der Waals surface area contributed by atoms with Crippen molar-refractivity contribution in [2.24, 2.45) is 0 Å². The van der Waals surface area contributed by atoms with Crippen LogP contribution in [0.5, 0.6) is 0 Å². The summed E-state index contributed by atoms with van der Waals surface area (Å²) < 4.78 is 0. The molecule has 0 bridgehead atoms. The number of nitrogens with zero attached hydrogens (tertiary/aromatic N) is 1. The van der Waals surface area contributed by atoms with E-state index in [0.717, 1.165) is 6.04 Å². The predicted octanol–water partition coefficient (Wildman–Crippen LogP) is 0.605. The SMILES string of the molecule is CN(C)NC1CCC1. The average molecular weight is 114 g/mol. The van der Waals surface area contributed by atoms with E-state index >= 15 is 0 Å². The van der Waals surface area contributed by atoms with Gasteiger partial charge < -0.3 is 0 Å². The van der Waals surface area contributed by atoms with Gasteiger partial charge in [0.15, 0.2) is 0 Å². The van der Waals surface area contributed by atoms with Crippen LogP contribution in [0.25, 0.3) is 0 Å². The third-order valence-corrected chi connectivity index (χ3v) is 1.55. The molecule has 0 saturated heterocycles. The van der Waals surface area contributed by atoms with Crippen molar-refractivity contribution >= 4 is 0 Å². The molecule has 48 valence electrons. The first-order chi connectivity index (χ1) is 3.79. The van der Waals surface area contributed by atoms with Crippen molar-refractivity contribution in [2.75, 3.05) is 14.1 Å². The highest BCUT2D eigenvalue weighted by molar-refractivity contribution is 4.73. The zero-order chi connectivity index (χ0) is 5.98. The lowest BCUT2D eigenvalue weighted by molar-refractivity contribution is 0.184. The van der Waals surface area contributed by atoms with Gasteiger partial charge in [-0.15, -0.1) is 0 Å². The molecular formula is C6H14N2. The summed E-state index contributed by atoms with van der Waals surface area (Å²) in [6, 6.07) is 0.782. The van der Waals surface area contributed by atoms with Crippen molar-refractivity contribution in [3.05, 3.63) is 0 Å². The zero-order valence-corrected chi connectivity index (χ0v) is 5.65. The average Bonchev–Trinajstić information content (AvgIpc) is 1.55. The Morgan fingerprint density at radius 3 is 2.12 bits per heavy atom. The van der Waals surface area contributed by atoms with Gasteiger partial charge in [-0.3, -0.25) is 10.4 Å². The van der Waals surface area contributed by atoms with E-state index in [9.17, 15) is 0 Å². The van der Waals surface area contributed by atoms with Gasteiger partial charge in [0.2, 0.25) is 0 Å². The van der Waals surface area contributed by atoms with Gasteiger partial charge in [0, 0.05) is 20.1 Å². The smallest absolute Gasteiger partial charge is 0.0215 e. The van der Waals surface area contributed by atoms with Gasteiger partial charge in [0.25, 0.3) is 0 Å². The summed E-state index contributed by atoms with van der Waals surface area (Å²) in [7, 11) is 4.08. The minimum atomic E-state index is 0.782. The summed E-state index contributed by atoms with van der Waals surface area (Å²) >= 11 is 0. The molecule has 0 unspecified atom stereocenters. The van der Waals surface area contributed by atoms with Crippen LogP contribution in [0.1, 0.15) is 19.3 Å². The Balaban J connectivity index is 2.01. The number of rotatable bonds is 2. The summed E-state index contributed by atoms with van der Waals surface area (Å²) in [5.74, 6) is 0. The van der Waals surface area contributed by atoms with Crippen LogP contribution in [0.2, 0.25) is 0 Å². The van der Waals surface area contributed by atoms with E-state index in [2.05, 4.69) is 5.43 Å². The van der Waals surface area contributed by atoms with Gasteiger partial charge in [-0.25, -0.2) is 0 Å². The van der Waals surface area contributed by atoms with E-state index in [1.807, 2.05) is 19.1 Å². The van der Waals surface area contributed by atoms with Crippen LogP contribution in [0.3, 0.4) is 0 Å². The molecule has 0 aromatic heterocycles. The molecule has 0 heterocycles. The standard InChI is InChI=1S/C6H14N2/c1-8(2)7-6-4-3-5-6/h6-7H,3-5H2,1-2H3. The van der Waals surface area contributed by atoms with Gasteiger partial charge in [-0.1, -0.05) is 6.42 Å². The summed E-state index contributed by atoms with van der Waals surface area (Å²) in [5, 5.41) is 2.03. The summed E-state index contributed by atoms with van der Waals surface area (Å²) in [5.41, 5.74) is 3.31. The Hall–Kier alpha value is -0.0800. The molecule has 1 fully saturated rings. The van der Waals surface area contributed by atoms with Gasteiger partial charge in [0.05, 0.1) is 0 Å². The third-order valence-electron chi connectivity index (χ3n) is 1.55. The first-order valence-electron chi connectivity index (χ1n) is 3.22. The Morgan fingerprint density at radius 1 is 1.38 bits per heavy atom. The third kappa shape index (κ3) is 1.46. The molecule has 1 N–H and O–H groups in total. The second-order valence-electron chi connectivity index (χ2n) is 2.65. The molecule has 1 aliphatic rings. The predicted molar refractivity (Wildman–Crippen MR) is 34.5 cm³/mol. The molecule has 0 atom stereocenters. The van der Waals surface area contributed by atoms with Gasteiger partial charge in [-0.05, 0) is 12.8 Å². The van der Waals surface area contributed by atoms with Crippen LogP contribution in [0.4, 0.5) is 0 Å². The van der Waals surface area contributed by atoms with Gasteiger partial charge >= 0.3 is 0 Å². The van der Waals surface area contributed by atoms with Crippen LogP contribution in [-0.4, -0.2) is 25.1 Å². The van der Waals surface area contributed by atoms with Crippen LogP contribution in [0, 0.1) is 0 Å². The molecule has 2 heteroatoms.